The van der Waals surface area contributed by atoms with E-state index < -0.39 is 5.60 Å². The topological polar surface area (TPSA) is 71.2 Å². The lowest BCUT2D eigenvalue weighted by molar-refractivity contribution is 0.0480. The molecule has 37 heavy (non-hydrogen) atoms. The summed E-state index contributed by atoms with van der Waals surface area (Å²) in [6.45, 7) is 0.438. The van der Waals surface area contributed by atoms with Crippen molar-refractivity contribution in [2.75, 3.05) is 13.7 Å². The number of rotatable bonds is 2. The first-order valence-electron chi connectivity index (χ1n) is 12.0. The van der Waals surface area contributed by atoms with Crippen molar-refractivity contribution in [2.24, 2.45) is 14.1 Å². The average Bonchev–Trinajstić information content (AvgIpc) is 3.34. The van der Waals surface area contributed by atoms with Gasteiger partial charge in [-0.1, -0.05) is 48.0 Å². The molecule has 1 unspecified atom stereocenters. The molecule has 0 saturated heterocycles. The van der Waals surface area contributed by atoms with Crippen LogP contribution in [0.2, 0.25) is 5.02 Å². The molecule has 5 aromatic rings. The van der Waals surface area contributed by atoms with Gasteiger partial charge in [-0.25, -0.2) is 0 Å². The molecule has 186 valence electrons. The lowest BCUT2D eigenvalue weighted by Gasteiger charge is -2.33. The summed E-state index contributed by atoms with van der Waals surface area (Å²) in [5.41, 5.74) is 4.20. The Labute approximate surface area is 218 Å². The maximum Gasteiger partial charge on any atom is 0.251 e. The number of benzene rings is 3. The van der Waals surface area contributed by atoms with Crippen molar-refractivity contribution >= 4 is 22.5 Å². The van der Waals surface area contributed by atoms with E-state index in [2.05, 4.69) is 28.4 Å². The van der Waals surface area contributed by atoms with Crippen LogP contribution >= 0.6 is 11.6 Å². The highest BCUT2D eigenvalue weighted by atomic mass is 35.5. The normalized spacial score (nSPS) is 17.0. The summed E-state index contributed by atoms with van der Waals surface area (Å²) >= 11 is 6.56. The number of aromatic nitrogens is 4. The van der Waals surface area contributed by atoms with Gasteiger partial charge in [-0.2, -0.15) is 0 Å². The van der Waals surface area contributed by atoms with Crippen molar-refractivity contribution in [2.45, 2.75) is 12.0 Å². The molecule has 1 aliphatic rings. The van der Waals surface area contributed by atoms with Crippen molar-refractivity contribution < 1.29 is 9.47 Å². The first-order valence-corrected chi connectivity index (χ1v) is 12.4. The van der Waals surface area contributed by atoms with Gasteiger partial charge in [-0.3, -0.25) is 4.79 Å². The smallest absolute Gasteiger partial charge is 0.251 e. The first kappa shape index (κ1) is 23.5. The number of ether oxygens (including phenoxy) is 2. The number of hydrogen-bond acceptors (Lipinski definition) is 5. The molecule has 6 bridgehead atoms. The molecular weight excluding hydrogens is 488 g/mol. The molecule has 2 aromatic heterocycles. The summed E-state index contributed by atoms with van der Waals surface area (Å²) in [6, 6.07) is 21.6. The van der Waals surface area contributed by atoms with Crippen molar-refractivity contribution in [3.05, 3.63) is 111 Å². The number of fused-ring (bicyclic) bond motifs is 6. The zero-order valence-electron chi connectivity index (χ0n) is 20.7. The third-order valence-corrected chi connectivity index (χ3v) is 7.52. The zero-order valence-corrected chi connectivity index (χ0v) is 21.5. The van der Waals surface area contributed by atoms with Gasteiger partial charge < -0.3 is 18.6 Å². The summed E-state index contributed by atoms with van der Waals surface area (Å²) in [4.78, 5) is 13.0. The highest BCUT2D eigenvalue weighted by Crippen LogP contribution is 2.43. The Morgan fingerprint density at radius 3 is 2.62 bits per heavy atom. The number of aryl methyl sites for hydroxylation is 2. The van der Waals surface area contributed by atoms with Gasteiger partial charge >= 0.3 is 0 Å². The van der Waals surface area contributed by atoms with Crippen LogP contribution in [-0.4, -0.2) is 33.0 Å². The van der Waals surface area contributed by atoms with Crippen LogP contribution in [0.25, 0.3) is 22.0 Å². The SMILES string of the molecule is COC1(c2nncn2C)c2ccc(Cl)c(c2)OCCc2cccc(c2)-c2cc(=O)n(C)c3ccc1cc23. The van der Waals surface area contributed by atoms with E-state index in [-0.39, 0.29) is 5.56 Å². The van der Waals surface area contributed by atoms with Gasteiger partial charge in [-0.05, 0) is 52.1 Å². The van der Waals surface area contributed by atoms with Crippen LogP contribution in [-0.2, 0) is 30.9 Å². The van der Waals surface area contributed by atoms with Crippen LogP contribution in [0.15, 0.2) is 77.9 Å². The van der Waals surface area contributed by atoms with Gasteiger partial charge in [-0.15, -0.1) is 10.2 Å². The van der Waals surface area contributed by atoms with Gasteiger partial charge in [0.1, 0.15) is 12.1 Å². The van der Waals surface area contributed by atoms with Crippen LogP contribution in [0, 0.1) is 0 Å². The minimum atomic E-state index is -1.12. The third kappa shape index (κ3) is 3.65. The number of nitrogens with zero attached hydrogens (tertiary/aromatic N) is 4. The van der Waals surface area contributed by atoms with Crippen LogP contribution < -0.4 is 10.3 Å². The van der Waals surface area contributed by atoms with E-state index in [1.807, 2.05) is 54.1 Å². The van der Waals surface area contributed by atoms with E-state index in [0.717, 1.165) is 38.7 Å². The second kappa shape index (κ2) is 8.87. The second-order valence-electron chi connectivity index (χ2n) is 9.28. The summed E-state index contributed by atoms with van der Waals surface area (Å²) in [5.74, 6) is 1.17. The van der Waals surface area contributed by atoms with Crippen molar-refractivity contribution in [3.8, 4) is 16.9 Å². The van der Waals surface area contributed by atoms with Crippen LogP contribution in [0.1, 0.15) is 22.5 Å². The van der Waals surface area contributed by atoms with Crippen LogP contribution in [0.3, 0.4) is 0 Å². The maximum atomic E-state index is 13.0. The highest BCUT2D eigenvalue weighted by molar-refractivity contribution is 6.32. The molecule has 8 heteroatoms. The quantitative estimate of drug-likeness (QED) is 0.338. The molecule has 7 nitrogen and oxygen atoms in total. The Kier molecular flexibility index (Phi) is 5.62. The minimum Gasteiger partial charge on any atom is -0.492 e. The van der Waals surface area contributed by atoms with Gasteiger partial charge in [0, 0.05) is 39.1 Å². The van der Waals surface area contributed by atoms with Crippen molar-refractivity contribution in [1.82, 2.24) is 19.3 Å². The molecule has 3 heterocycles. The molecule has 1 atom stereocenters. The monoisotopic (exact) mass is 512 g/mol. The minimum absolute atomic E-state index is 0.0706. The molecule has 1 aliphatic heterocycles. The molecule has 0 saturated carbocycles. The molecule has 3 aromatic carbocycles. The summed E-state index contributed by atoms with van der Waals surface area (Å²) in [7, 11) is 5.33. The predicted molar refractivity (Wildman–Crippen MR) is 143 cm³/mol. The average molecular weight is 513 g/mol. The first-order chi connectivity index (χ1) is 17.9. The predicted octanol–water partition coefficient (Wildman–Crippen LogP) is 4.86. The summed E-state index contributed by atoms with van der Waals surface area (Å²) < 4.78 is 16.1. The van der Waals surface area contributed by atoms with E-state index in [9.17, 15) is 4.79 Å². The molecule has 0 aliphatic carbocycles. The Hall–Kier alpha value is -3.94. The fourth-order valence-electron chi connectivity index (χ4n) is 5.28. The number of pyridine rings is 1. The van der Waals surface area contributed by atoms with E-state index in [0.29, 0.717) is 29.6 Å². The lowest BCUT2D eigenvalue weighted by atomic mass is 9.83. The zero-order chi connectivity index (χ0) is 25.7. The standard InChI is InChI=1S/C29H25ClN4O3/c1-33-17-31-32-28(33)29(36-3)20-8-10-25-23(14-20)22(16-27(35)34(25)2)19-6-4-5-18(13-19)11-12-37-26-15-21(29)7-9-24(26)30/h4-10,13-17H,11-12H2,1-3H3. The van der Waals surface area contributed by atoms with E-state index in [4.69, 9.17) is 21.1 Å². The molecule has 0 spiro atoms. The lowest BCUT2D eigenvalue weighted by Crippen LogP contribution is -2.35. The maximum absolute atomic E-state index is 13.0. The van der Waals surface area contributed by atoms with Gasteiger partial charge in [0.15, 0.2) is 11.4 Å². The third-order valence-electron chi connectivity index (χ3n) is 7.21. The number of halogens is 1. The summed E-state index contributed by atoms with van der Waals surface area (Å²) in [6.07, 6.45) is 2.33. The van der Waals surface area contributed by atoms with E-state index in [1.54, 1.807) is 31.1 Å². The highest BCUT2D eigenvalue weighted by Gasteiger charge is 2.42. The molecule has 0 N–H and O–H groups in total. The number of hydrogen-bond donors (Lipinski definition) is 0. The Balaban J connectivity index is 1.77. The van der Waals surface area contributed by atoms with E-state index >= 15 is 0 Å². The van der Waals surface area contributed by atoms with Crippen molar-refractivity contribution in [1.29, 1.82) is 0 Å². The summed E-state index contributed by atoms with van der Waals surface area (Å²) in [5, 5.41) is 10.1. The fourth-order valence-corrected chi connectivity index (χ4v) is 5.45. The van der Waals surface area contributed by atoms with Crippen molar-refractivity contribution in [3.63, 3.8) is 0 Å². The van der Waals surface area contributed by atoms with Crippen LogP contribution in [0.5, 0.6) is 5.75 Å². The van der Waals surface area contributed by atoms with Gasteiger partial charge in [0.2, 0.25) is 0 Å². The van der Waals surface area contributed by atoms with E-state index in [1.165, 1.54) is 0 Å². The molecule has 0 fully saturated rings. The Morgan fingerprint density at radius 2 is 1.84 bits per heavy atom. The molecular formula is C29H25ClN4O3. The molecule has 6 rings (SSSR count). The molecule has 0 radical (unpaired) electrons. The largest absolute Gasteiger partial charge is 0.492 e. The van der Waals surface area contributed by atoms with Crippen LogP contribution in [0.4, 0.5) is 0 Å². The Bertz CT molecular complexity index is 1720. The molecule has 0 amide bonds. The Morgan fingerprint density at radius 1 is 1.03 bits per heavy atom. The fraction of sp³-hybridized carbons (Fsp3) is 0.207. The number of methoxy groups -OCH3 is 1. The van der Waals surface area contributed by atoms with Gasteiger partial charge in [0.25, 0.3) is 5.56 Å². The van der Waals surface area contributed by atoms with Gasteiger partial charge in [0.05, 0.1) is 17.1 Å². The second-order valence-corrected chi connectivity index (χ2v) is 9.69.